The number of carbonyl (C=O) groups is 4. The number of hydrazine groups is 1. The minimum atomic E-state index is -0.951. The van der Waals surface area contributed by atoms with E-state index in [9.17, 15) is 19.2 Å². The Hall–Kier alpha value is -5.59. The maximum Gasteiger partial charge on any atom is 0.324 e. The number of likely N-dealkylation sites (tertiary alicyclic amines) is 1. The number of morpholine rings is 1. The second-order valence-corrected chi connectivity index (χ2v) is 20.5. The summed E-state index contributed by atoms with van der Waals surface area (Å²) < 4.78 is 20.3. The van der Waals surface area contributed by atoms with Crippen LogP contribution in [-0.4, -0.2) is 132 Å². The number of nitrogens with one attached hydrogen (secondary N) is 2. The largest absolute Gasteiger partial charge is 0.464 e. The summed E-state index contributed by atoms with van der Waals surface area (Å²) in [5.74, 6) is 4.04. The minimum absolute atomic E-state index is 0.111. The van der Waals surface area contributed by atoms with Gasteiger partial charge in [0, 0.05) is 67.2 Å². The highest BCUT2D eigenvalue weighted by molar-refractivity contribution is 5.96. The Balaban J connectivity index is 1.07. The maximum absolute atomic E-state index is 14.7. The standard InChI is InChI=1S/C54H69N7O7/c1-9-60-47-19-17-38-27-42(47)43(50(60)41-15-11-21-55-49(41)35(4)5)28-54(6,7)33-68-53(65)45-16-12-22-61(57-45)52(64)46(26-36-13-10-14-37(38)25-36)56-51(63)44(34(2)3)32-67-40-29-59(30-40)48(62)20-18-39-31-66-24-23-58(39)8/h10-11,13-15,17,19,21,25,27,34-35,39-40,44-46,57H,9,12,16,22-24,26,28-33H2,1-8H3,(H,56,63)/t39-,44+,45+,46+/m1/s1. The summed E-state index contributed by atoms with van der Waals surface area (Å²) >= 11 is 0. The highest BCUT2D eigenvalue weighted by Gasteiger charge is 2.38. The fourth-order valence-corrected chi connectivity index (χ4v) is 9.87. The quantitative estimate of drug-likeness (QED) is 0.152. The molecule has 2 aromatic heterocycles. The summed E-state index contributed by atoms with van der Waals surface area (Å²) in [5, 5.41) is 5.75. The van der Waals surface area contributed by atoms with Crippen LogP contribution in [0.1, 0.15) is 84.0 Å². The van der Waals surface area contributed by atoms with E-state index >= 15 is 0 Å². The molecule has 0 spiro atoms. The van der Waals surface area contributed by atoms with E-state index in [2.05, 4.69) is 103 Å². The second-order valence-electron chi connectivity index (χ2n) is 20.5. The molecule has 0 aliphatic carbocycles. The number of hydrogen-bond donors (Lipinski definition) is 2. The Morgan fingerprint density at radius 3 is 2.57 bits per heavy atom. The van der Waals surface area contributed by atoms with Crippen molar-refractivity contribution in [1.29, 1.82) is 0 Å². The first-order valence-electron chi connectivity index (χ1n) is 24.5. The summed E-state index contributed by atoms with van der Waals surface area (Å²) in [6.45, 7) is 18.8. The molecule has 4 atom stereocenters. The van der Waals surface area contributed by atoms with Crippen LogP contribution in [0, 0.1) is 29.1 Å². The Morgan fingerprint density at radius 1 is 1.03 bits per heavy atom. The van der Waals surface area contributed by atoms with Crippen LogP contribution in [0.3, 0.4) is 0 Å². The molecule has 362 valence electrons. The Bertz CT molecular complexity index is 2570. The van der Waals surface area contributed by atoms with Crippen molar-refractivity contribution in [3.8, 4) is 34.2 Å². The second kappa shape index (κ2) is 21.0. The lowest BCUT2D eigenvalue weighted by Gasteiger charge is -2.38. The molecule has 3 saturated heterocycles. The zero-order chi connectivity index (χ0) is 48.3. The smallest absolute Gasteiger partial charge is 0.324 e. The molecule has 14 heteroatoms. The van der Waals surface area contributed by atoms with Crippen molar-refractivity contribution in [3.05, 3.63) is 77.6 Å². The maximum atomic E-state index is 14.7. The molecule has 4 aromatic rings. The number of likely N-dealkylation sites (N-methyl/N-ethyl adjacent to an activating group) is 1. The van der Waals surface area contributed by atoms with E-state index in [1.807, 2.05) is 45.3 Å². The van der Waals surface area contributed by atoms with Crippen LogP contribution >= 0.6 is 0 Å². The number of aryl methyl sites for hydroxylation is 1. The van der Waals surface area contributed by atoms with Crippen molar-refractivity contribution in [2.75, 3.05) is 59.7 Å². The van der Waals surface area contributed by atoms with Gasteiger partial charge in [-0.1, -0.05) is 77.8 Å². The van der Waals surface area contributed by atoms with Crippen molar-refractivity contribution in [1.82, 2.24) is 35.1 Å². The van der Waals surface area contributed by atoms with E-state index < -0.39 is 29.4 Å². The van der Waals surface area contributed by atoms with Gasteiger partial charge in [0.15, 0.2) is 0 Å². The lowest BCUT2D eigenvalue weighted by molar-refractivity contribution is -0.155. The molecule has 6 bridgehead atoms. The molecule has 3 amide bonds. The fraction of sp³-hybridized carbons (Fsp3) is 0.537. The third-order valence-corrected chi connectivity index (χ3v) is 14.0. The number of nitrogens with zero attached hydrogens (tertiary/aromatic N) is 5. The Labute approximate surface area is 401 Å². The number of amides is 3. The van der Waals surface area contributed by atoms with Crippen molar-refractivity contribution in [2.24, 2.45) is 17.3 Å². The van der Waals surface area contributed by atoms with Crippen LogP contribution < -0.4 is 10.7 Å². The van der Waals surface area contributed by atoms with Crippen molar-refractivity contribution < 1.29 is 33.4 Å². The summed E-state index contributed by atoms with van der Waals surface area (Å²) in [5.41, 5.74) is 11.2. The molecule has 0 radical (unpaired) electrons. The van der Waals surface area contributed by atoms with Crippen LogP contribution in [0.5, 0.6) is 0 Å². The average Bonchev–Trinajstić information content (AvgIpc) is 3.61. The van der Waals surface area contributed by atoms with Crippen LogP contribution in [0.4, 0.5) is 0 Å². The van der Waals surface area contributed by atoms with Gasteiger partial charge in [-0.25, -0.2) is 5.43 Å². The molecule has 2 aromatic carbocycles. The SMILES string of the molecule is CCn1c(-c2cccnc2C(C)C)c2c3cc(ccc31)-c1cccc(c1)C[C@H](NC(=O)[C@@H](COC1CN(C(=O)C#C[C@@H]3COCCN3C)C1)C(C)C)C(=O)N1CCC[C@H](N1)C(=O)OCC(C)(C)C2. The molecule has 6 heterocycles. The summed E-state index contributed by atoms with van der Waals surface area (Å²) in [6, 6.07) is 17.2. The van der Waals surface area contributed by atoms with Gasteiger partial charge in [-0.2, -0.15) is 0 Å². The first-order chi connectivity index (χ1) is 32.6. The third-order valence-electron chi connectivity index (χ3n) is 14.0. The highest BCUT2D eigenvalue weighted by Crippen LogP contribution is 2.42. The Kier molecular flexibility index (Phi) is 15.1. The molecule has 4 aliphatic rings. The summed E-state index contributed by atoms with van der Waals surface area (Å²) in [7, 11) is 1.97. The van der Waals surface area contributed by atoms with Crippen molar-refractivity contribution >= 4 is 34.6 Å². The normalized spacial score (nSPS) is 22.0. The van der Waals surface area contributed by atoms with Crippen LogP contribution in [0.25, 0.3) is 33.3 Å². The molecule has 3 fully saturated rings. The Morgan fingerprint density at radius 2 is 1.82 bits per heavy atom. The number of rotatable bonds is 9. The van der Waals surface area contributed by atoms with Gasteiger partial charge < -0.3 is 29.0 Å². The number of pyridine rings is 1. The number of fused-ring (bicyclic) bond motifs is 6. The lowest BCUT2D eigenvalue weighted by Crippen LogP contribution is -2.61. The van der Waals surface area contributed by atoms with E-state index in [0.29, 0.717) is 52.1 Å². The molecule has 14 nitrogen and oxygen atoms in total. The van der Waals surface area contributed by atoms with Crippen LogP contribution in [0.2, 0.25) is 0 Å². The molecule has 0 saturated carbocycles. The zero-order valence-electron chi connectivity index (χ0n) is 41.1. The number of hydrogen-bond acceptors (Lipinski definition) is 10. The average molecular weight is 928 g/mol. The molecule has 4 aliphatic heterocycles. The predicted octanol–water partition coefficient (Wildman–Crippen LogP) is 6.00. The lowest BCUT2D eigenvalue weighted by atomic mass is 9.83. The number of ether oxygens (including phenoxy) is 3. The molecular weight excluding hydrogens is 859 g/mol. The number of benzene rings is 2. The molecule has 68 heavy (non-hydrogen) atoms. The molecule has 0 unspecified atom stereocenters. The zero-order valence-corrected chi connectivity index (χ0v) is 41.1. The summed E-state index contributed by atoms with van der Waals surface area (Å²) in [6.07, 6.45) is 3.59. The van der Waals surface area contributed by atoms with E-state index in [1.54, 1.807) is 4.90 Å². The van der Waals surface area contributed by atoms with Crippen molar-refractivity contribution in [3.63, 3.8) is 0 Å². The van der Waals surface area contributed by atoms with Gasteiger partial charge in [-0.05, 0) is 97.5 Å². The molecular formula is C54H69N7O7. The predicted molar refractivity (Wildman–Crippen MR) is 262 cm³/mol. The van der Waals surface area contributed by atoms with Gasteiger partial charge in [0.25, 0.3) is 11.8 Å². The number of cyclic esters (lactones) is 1. The van der Waals surface area contributed by atoms with E-state index in [-0.39, 0.29) is 61.3 Å². The van der Waals surface area contributed by atoms with Gasteiger partial charge in [-0.15, -0.1) is 0 Å². The van der Waals surface area contributed by atoms with Crippen LogP contribution in [-0.2, 0) is 52.8 Å². The van der Waals surface area contributed by atoms with Gasteiger partial charge in [0.05, 0.1) is 55.9 Å². The van der Waals surface area contributed by atoms with Gasteiger partial charge >= 0.3 is 5.97 Å². The highest BCUT2D eigenvalue weighted by atomic mass is 16.5. The van der Waals surface area contributed by atoms with E-state index in [1.165, 1.54) is 10.6 Å². The fourth-order valence-electron chi connectivity index (χ4n) is 9.87. The van der Waals surface area contributed by atoms with E-state index in [0.717, 1.165) is 57.6 Å². The van der Waals surface area contributed by atoms with E-state index in [4.69, 9.17) is 19.2 Å². The number of aromatic nitrogens is 2. The number of carbonyl (C=O) groups excluding carboxylic acids is 4. The summed E-state index contributed by atoms with van der Waals surface area (Å²) in [4.78, 5) is 64.4. The molecule has 8 rings (SSSR count). The van der Waals surface area contributed by atoms with Crippen molar-refractivity contribution in [2.45, 2.75) is 111 Å². The van der Waals surface area contributed by atoms with Gasteiger partial charge in [0.2, 0.25) is 5.91 Å². The minimum Gasteiger partial charge on any atom is -0.464 e. The number of esters is 1. The first kappa shape index (κ1) is 48.9. The van der Waals surface area contributed by atoms with Crippen LogP contribution in [0.15, 0.2) is 60.8 Å². The third kappa shape index (κ3) is 10.8. The first-order valence-corrected chi connectivity index (χ1v) is 24.5. The monoisotopic (exact) mass is 928 g/mol. The van der Waals surface area contributed by atoms with Gasteiger partial charge in [-0.3, -0.25) is 34.1 Å². The van der Waals surface area contributed by atoms with Gasteiger partial charge in [0.1, 0.15) is 12.1 Å². The molecule has 2 N–H and O–H groups in total. The topological polar surface area (TPSA) is 148 Å².